The zero-order valence-electron chi connectivity index (χ0n) is 10.3. The van der Waals surface area contributed by atoms with Crippen molar-refractivity contribution in [2.75, 3.05) is 12.0 Å². The van der Waals surface area contributed by atoms with E-state index in [4.69, 9.17) is 5.84 Å². The summed E-state index contributed by atoms with van der Waals surface area (Å²) in [7, 11) is -2.93. The predicted molar refractivity (Wildman–Crippen MR) is 70.3 cm³/mol. The van der Waals surface area contributed by atoms with Crippen LogP contribution in [0.3, 0.4) is 0 Å². The maximum Gasteiger partial charge on any atom is 0.147 e. The molecule has 4 nitrogen and oxygen atoms in total. The summed E-state index contributed by atoms with van der Waals surface area (Å²) in [4.78, 5) is 0. The van der Waals surface area contributed by atoms with E-state index in [0.717, 1.165) is 6.42 Å². The molecule has 0 saturated carbocycles. The molecule has 17 heavy (non-hydrogen) atoms. The zero-order chi connectivity index (χ0) is 12.9. The second-order valence-corrected chi connectivity index (χ2v) is 6.67. The quantitative estimate of drug-likeness (QED) is 0.583. The molecule has 1 aromatic rings. The highest BCUT2D eigenvalue weighted by Crippen LogP contribution is 2.11. The van der Waals surface area contributed by atoms with Gasteiger partial charge in [0.15, 0.2) is 0 Å². The van der Waals surface area contributed by atoms with Crippen LogP contribution in [0.1, 0.15) is 17.5 Å². The monoisotopic (exact) mass is 256 g/mol. The van der Waals surface area contributed by atoms with E-state index >= 15 is 0 Å². The molecule has 0 aromatic heterocycles. The van der Waals surface area contributed by atoms with Crippen LogP contribution >= 0.6 is 0 Å². The molecule has 0 aliphatic heterocycles. The molecule has 0 amide bonds. The lowest BCUT2D eigenvalue weighted by molar-refractivity contribution is 0.506. The summed E-state index contributed by atoms with van der Waals surface area (Å²) in [6.07, 6.45) is 2.52. The summed E-state index contributed by atoms with van der Waals surface area (Å²) in [5, 5.41) is 0. The Bertz CT molecular complexity index is 457. The fourth-order valence-corrected chi connectivity index (χ4v) is 2.42. The standard InChI is InChI=1S/C12H20N2O2S/c1-10-5-3-4-6-11(10)9-12(14-13)7-8-17(2,15)16/h3-6,12,14H,7-9,13H2,1-2H3. The third kappa shape index (κ3) is 5.30. The van der Waals surface area contributed by atoms with Crippen molar-refractivity contribution in [2.24, 2.45) is 5.84 Å². The third-order valence-corrected chi connectivity index (χ3v) is 3.78. The molecule has 0 fully saturated rings. The molecule has 1 unspecified atom stereocenters. The average Bonchev–Trinajstić information content (AvgIpc) is 2.25. The molecule has 0 aliphatic rings. The summed E-state index contributed by atoms with van der Waals surface area (Å²) in [5.74, 6) is 5.62. The van der Waals surface area contributed by atoms with Crippen molar-refractivity contribution < 1.29 is 8.42 Å². The van der Waals surface area contributed by atoms with Crippen molar-refractivity contribution >= 4 is 9.84 Å². The minimum absolute atomic E-state index is 0.00850. The summed E-state index contributed by atoms with van der Waals surface area (Å²) in [6, 6.07) is 8.04. The Hall–Kier alpha value is -0.910. The van der Waals surface area contributed by atoms with Gasteiger partial charge in [0, 0.05) is 12.3 Å². The normalized spacial score (nSPS) is 13.6. The highest BCUT2D eigenvalue weighted by Gasteiger charge is 2.12. The second kappa shape index (κ2) is 6.14. The lowest BCUT2D eigenvalue weighted by Crippen LogP contribution is -2.38. The lowest BCUT2D eigenvalue weighted by atomic mass is 10.0. The molecule has 0 heterocycles. The molecule has 1 rings (SSSR count). The van der Waals surface area contributed by atoms with Gasteiger partial charge in [0.05, 0.1) is 5.75 Å². The number of hydrogen-bond acceptors (Lipinski definition) is 4. The van der Waals surface area contributed by atoms with Crippen molar-refractivity contribution in [3.05, 3.63) is 35.4 Å². The van der Waals surface area contributed by atoms with Crippen molar-refractivity contribution in [3.63, 3.8) is 0 Å². The highest BCUT2D eigenvalue weighted by molar-refractivity contribution is 7.90. The van der Waals surface area contributed by atoms with E-state index in [1.54, 1.807) is 0 Å². The molecule has 1 atom stereocenters. The predicted octanol–water partition coefficient (Wildman–Crippen LogP) is 0.804. The van der Waals surface area contributed by atoms with Gasteiger partial charge in [-0.3, -0.25) is 11.3 Å². The lowest BCUT2D eigenvalue weighted by Gasteiger charge is -2.16. The molecular formula is C12H20N2O2S. The first-order valence-electron chi connectivity index (χ1n) is 5.61. The first kappa shape index (κ1) is 14.2. The van der Waals surface area contributed by atoms with E-state index in [-0.39, 0.29) is 11.8 Å². The maximum atomic E-state index is 11.1. The Morgan fingerprint density at radius 1 is 1.35 bits per heavy atom. The number of rotatable bonds is 6. The summed E-state index contributed by atoms with van der Waals surface area (Å²) < 4.78 is 22.2. The van der Waals surface area contributed by atoms with Crippen LogP contribution < -0.4 is 11.3 Å². The average molecular weight is 256 g/mol. The number of benzene rings is 1. The Morgan fingerprint density at radius 3 is 2.53 bits per heavy atom. The summed E-state index contributed by atoms with van der Waals surface area (Å²) >= 11 is 0. The van der Waals surface area contributed by atoms with Crippen LogP contribution in [-0.2, 0) is 16.3 Å². The van der Waals surface area contributed by atoms with Gasteiger partial charge in [0.25, 0.3) is 0 Å². The number of hydrazine groups is 1. The van der Waals surface area contributed by atoms with Crippen molar-refractivity contribution in [3.8, 4) is 0 Å². The van der Waals surface area contributed by atoms with E-state index in [9.17, 15) is 8.42 Å². The van der Waals surface area contributed by atoms with Gasteiger partial charge in [-0.1, -0.05) is 24.3 Å². The number of nitrogens with two attached hydrogens (primary N) is 1. The van der Waals surface area contributed by atoms with Crippen LogP contribution in [-0.4, -0.2) is 26.5 Å². The smallest absolute Gasteiger partial charge is 0.147 e. The van der Waals surface area contributed by atoms with Crippen molar-refractivity contribution in [1.82, 2.24) is 5.43 Å². The molecule has 5 heteroatoms. The van der Waals surface area contributed by atoms with E-state index in [1.165, 1.54) is 17.4 Å². The van der Waals surface area contributed by atoms with Gasteiger partial charge in [-0.15, -0.1) is 0 Å². The number of sulfone groups is 1. The Morgan fingerprint density at radius 2 is 2.00 bits per heavy atom. The molecule has 0 bridgehead atoms. The van der Waals surface area contributed by atoms with E-state index in [1.807, 2.05) is 31.2 Å². The van der Waals surface area contributed by atoms with Gasteiger partial charge < -0.3 is 0 Å². The number of nitrogens with one attached hydrogen (secondary N) is 1. The van der Waals surface area contributed by atoms with Gasteiger partial charge >= 0.3 is 0 Å². The first-order chi connectivity index (χ1) is 7.92. The first-order valence-corrected chi connectivity index (χ1v) is 7.67. The fraction of sp³-hybridized carbons (Fsp3) is 0.500. The third-order valence-electron chi connectivity index (χ3n) is 2.80. The van der Waals surface area contributed by atoms with Crippen LogP contribution in [0.15, 0.2) is 24.3 Å². The Kier molecular flexibility index (Phi) is 5.11. The van der Waals surface area contributed by atoms with Gasteiger partial charge in [0.2, 0.25) is 0 Å². The zero-order valence-corrected chi connectivity index (χ0v) is 11.1. The molecule has 0 spiro atoms. The summed E-state index contributed by atoms with van der Waals surface area (Å²) in [5.41, 5.74) is 5.09. The molecule has 0 aliphatic carbocycles. The van der Waals surface area contributed by atoms with E-state index < -0.39 is 9.84 Å². The van der Waals surface area contributed by atoms with Gasteiger partial charge in [-0.05, 0) is 30.9 Å². The van der Waals surface area contributed by atoms with Crippen LogP contribution in [0.4, 0.5) is 0 Å². The Balaban J connectivity index is 2.61. The molecule has 0 saturated heterocycles. The molecule has 3 N–H and O–H groups in total. The molecular weight excluding hydrogens is 236 g/mol. The van der Waals surface area contributed by atoms with Gasteiger partial charge in [0.1, 0.15) is 9.84 Å². The van der Waals surface area contributed by atoms with Gasteiger partial charge in [-0.25, -0.2) is 8.42 Å². The number of hydrogen-bond donors (Lipinski definition) is 2. The van der Waals surface area contributed by atoms with Crippen molar-refractivity contribution in [1.29, 1.82) is 0 Å². The molecule has 1 aromatic carbocycles. The topological polar surface area (TPSA) is 72.2 Å². The van der Waals surface area contributed by atoms with Crippen molar-refractivity contribution in [2.45, 2.75) is 25.8 Å². The number of aryl methyl sites for hydroxylation is 1. The second-order valence-electron chi connectivity index (χ2n) is 4.41. The highest BCUT2D eigenvalue weighted by atomic mass is 32.2. The van der Waals surface area contributed by atoms with Crippen LogP contribution in [0.25, 0.3) is 0 Å². The van der Waals surface area contributed by atoms with E-state index in [0.29, 0.717) is 6.42 Å². The van der Waals surface area contributed by atoms with E-state index in [2.05, 4.69) is 5.43 Å². The fourth-order valence-electron chi connectivity index (χ4n) is 1.71. The largest absolute Gasteiger partial charge is 0.271 e. The van der Waals surface area contributed by atoms with Gasteiger partial charge in [-0.2, -0.15) is 0 Å². The molecule has 96 valence electrons. The molecule has 0 radical (unpaired) electrons. The van der Waals surface area contributed by atoms with Crippen LogP contribution in [0, 0.1) is 6.92 Å². The Labute approximate surface area is 103 Å². The minimum Gasteiger partial charge on any atom is -0.271 e. The van der Waals surface area contributed by atoms with Crippen LogP contribution in [0.5, 0.6) is 0 Å². The summed E-state index contributed by atoms with van der Waals surface area (Å²) in [6.45, 7) is 2.04. The SMILES string of the molecule is Cc1ccccc1CC(CCS(C)(=O)=O)NN. The minimum atomic E-state index is -2.93. The maximum absolute atomic E-state index is 11.1. The van der Waals surface area contributed by atoms with Crippen LogP contribution in [0.2, 0.25) is 0 Å².